The minimum absolute atomic E-state index is 0.365. The van der Waals surface area contributed by atoms with E-state index >= 15 is 0 Å². The Kier molecular flexibility index (Phi) is 7.27. The molecule has 3 atom stereocenters. The lowest BCUT2D eigenvalue weighted by molar-refractivity contribution is -0.221. The second kappa shape index (κ2) is 9.40. The van der Waals surface area contributed by atoms with E-state index in [1.807, 2.05) is 0 Å². The maximum atomic E-state index is 13.7. The van der Waals surface area contributed by atoms with Crippen molar-refractivity contribution in [3.05, 3.63) is 35.9 Å². The number of aliphatic hydroxyl groups excluding tert-OH is 1. The first-order chi connectivity index (χ1) is 15.7. The fraction of sp³-hybridized carbons (Fsp3) is 0.654. The number of Topliss-reactive ketones (excluding diaryl/α,β-unsaturated/α-hetero) is 1. The van der Waals surface area contributed by atoms with Crippen LogP contribution in [0, 0.1) is 0 Å². The number of rotatable bonds is 6. The monoisotopic (exact) mass is 476 g/mol. The molecular formula is C26H36O8. The summed E-state index contributed by atoms with van der Waals surface area (Å²) in [5, 5.41) is 11.4. The molecule has 1 aliphatic carbocycles. The lowest BCUT2D eigenvalue weighted by Gasteiger charge is -2.37. The second-order valence-corrected chi connectivity index (χ2v) is 11.1. The molecule has 8 heteroatoms. The van der Waals surface area contributed by atoms with Crippen LogP contribution in [0.15, 0.2) is 30.3 Å². The van der Waals surface area contributed by atoms with E-state index in [0.29, 0.717) is 18.4 Å². The molecule has 188 valence electrons. The molecule has 1 aromatic carbocycles. The van der Waals surface area contributed by atoms with Crippen LogP contribution in [-0.4, -0.2) is 57.6 Å². The van der Waals surface area contributed by atoms with E-state index in [1.165, 1.54) is 0 Å². The summed E-state index contributed by atoms with van der Waals surface area (Å²) in [6.45, 7) is 10.1. The van der Waals surface area contributed by atoms with Crippen molar-refractivity contribution in [3.8, 4) is 0 Å². The van der Waals surface area contributed by atoms with Crippen molar-refractivity contribution in [1.29, 1.82) is 0 Å². The van der Waals surface area contributed by atoms with E-state index in [1.54, 1.807) is 71.9 Å². The minimum atomic E-state index is -2.26. The van der Waals surface area contributed by atoms with Crippen LogP contribution in [0.2, 0.25) is 0 Å². The molecule has 2 fully saturated rings. The Morgan fingerprint density at radius 2 is 1.56 bits per heavy atom. The molecular weight excluding hydrogens is 440 g/mol. The summed E-state index contributed by atoms with van der Waals surface area (Å²) in [6, 6.07) is 8.41. The van der Waals surface area contributed by atoms with Crippen molar-refractivity contribution >= 4 is 17.7 Å². The number of esters is 2. The van der Waals surface area contributed by atoms with Gasteiger partial charge >= 0.3 is 11.9 Å². The molecule has 0 amide bonds. The maximum Gasteiger partial charge on any atom is 0.345 e. The van der Waals surface area contributed by atoms with Crippen LogP contribution >= 0.6 is 0 Å². The number of ether oxygens (including phenoxy) is 4. The minimum Gasteiger partial charge on any atom is -0.458 e. The van der Waals surface area contributed by atoms with Gasteiger partial charge in [0, 0.05) is 24.8 Å². The number of hydrogen-bond donors (Lipinski definition) is 1. The normalized spacial score (nSPS) is 25.2. The summed E-state index contributed by atoms with van der Waals surface area (Å²) in [5.74, 6) is -3.47. The molecule has 3 rings (SSSR count). The number of hydrogen-bond acceptors (Lipinski definition) is 8. The first-order valence-corrected chi connectivity index (χ1v) is 11.8. The summed E-state index contributed by atoms with van der Waals surface area (Å²) in [4.78, 5) is 39.9. The van der Waals surface area contributed by atoms with Crippen molar-refractivity contribution < 1.29 is 38.4 Å². The van der Waals surface area contributed by atoms with Crippen molar-refractivity contribution in [2.24, 2.45) is 0 Å². The first kappa shape index (κ1) is 26.3. The van der Waals surface area contributed by atoms with Crippen molar-refractivity contribution in [3.63, 3.8) is 0 Å². The van der Waals surface area contributed by atoms with Crippen molar-refractivity contribution in [2.45, 2.75) is 108 Å². The molecule has 1 N–H and O–H groups in total. The van der Waals surface area contributed by atoms with Crippen LogP contribution in [0.5, 0.6) is 0 Å². The first-order valence-electron chi connectivity index (χ1n) is 11.8. The van der Waals surface area contributed by atoms with Gasteiger partial charge in [-0.05, 0) is 54.4 Å². The third-order valence-corrected chi connectivity index (χ3v) is 5.75. The zero-order valence-corrected chi connectivity index (χ0v) is 20.9. The maximum absolute atomic E-state index is 13.7. The summed E-state index contributed by atoms with van der Waals surface area (Å²) >= 11 is 0. The molecule has 1 spiro atoms. The second-order valence-electron chi connectivity index (χ2n) is 11.1. The smallest absolute Gasteiger partial charge is 0.345 e. The number of ketones is 1. The Hall–Kier alpha value is -2.29. The summed E-state index contributed by atoms with van der Waals surface area (Å²) in [7, 11) is 0. The third kappa shape index (κ3) is 5.67. The van der Waals surface area contributed by atoms with Gasteiger partial charge in [0.25, 0.3) is 0 Å². The molecule has 1 aromatic rings. The zero-order valence-electron chi connectivity index (χ0n) is 20.9. The molecule has 0 bridgehead atoms. The van der Waals surface area contributed by atoms with E-state index in [4.69, 9.17) is 18.9 Å². The highest BCUT2D eigenvalue weighted by Gasteiger charge is 2.69. The van der Waals surface area contributed by atoms with Gasteiger partial charge in [0.05, 0.1) is 0 Å². The SMILES string of the molecule is CC(C)(C)OC(=O)[C@H]1OC2(CCCC2)O[C@]1(C(=O)OC(C)(C)C)[C@@H](O)CC(=O)c1ccccc1. The Bertz CT molecular complexity index is 905. The highest BCUT2D eigenvalue weighted by atomic mass is 16.8. The fourth-order valence-corrected chi connectivity index (χ4v) is 4.35. The number of carbonyl (C=O) groups excluding carboxylic acids is 3. The summed E-state index contributed by atoms with van der Waals surface area (Å²) in [5.41, 5.74) is -3.72. The van der Waals surface area contributed by atoms with Gasteiger partial charge in [-0.3, -0.25) is 4.79 Å². The van der Waals surface area contributed by atoms with Gasteiger partial charge in [-0.2, -0.15) is 0 Å². The van der Waals surface area contributed by atoms with Gasteiger partial charge < -0.3 is 24.1 Å². The van der Waals surface area contributed by atoms with Crippen LogP contribution < -0.4 is 0 Å². The molecule has 0 aromatic heterocycles. The van der Waals surface area contributed by atoms with Gasteiger partial charge in [-0.25, -0.2) is 9.59 Å². The highest BCUT2D eigenvalue weighted by molar-refractivity contribution is 5.98. The lowest BCUT2D eigenvalue weighted by Crippen LogP contribution is -2.62. The zero-order chi connectivity index (χ0) is 25.4. The predicted molar refractivity (Wildman–Crippen MR) is 123 cm³/mol. The molecule has 8 nitrogen and oxygen atoms in total. The average Bonchev–Trinajstić information content (AvgIpc) is 3.31. The molecule has 1 saturated heterocycles. The standard InChI is InChI=1S/C26H36O8/c1-23(2,3)32-21(29)20-26(22(30)33-24(4,5)6,34-25(31-20)14-10-11-15-25)19(28)16-18(27)17-12-8-7-9-13-17/h7-9,12-13,19-20,28H,10-11,14-16H2,1-6H3/t19-,20+,26+/m0/s1. The summed E-state index contributed by atoms with van der Waals surface area (Å²) in [6.07, 6.45) is -1.37. The van der Waals surface area contributed by atoms with Crippen LogP contribution in [0.25, 0.3) is 0 Å². The quantitative estimate of drug-likeness (QED) is 0.489. The van der Waals surface area contributed by atoms with Crippen LogP contribution in [0.4, 0.5) is 0 Å². The van der Waals surface area contributed by atoms with Crippen LogP contribution in [0.3, 0.4) is 0 Å². The highest BCUT2D eigenvalue weighted by Crippen LogP contribution is 2.49. The Labute approximate surface area is 200 Å². The average molecular weight is 477 g/mol. The third-order valence-electron chi connectivity index (χ3n) is 5.75. The number of benzene rings is 1. The predicted octanol–water partition coefficient (Wildman–Crippen LogP) is 3.73. The summed E-state index contributed by atoms with van der Waals surface area (Å²) < 4.78 is 23.5. The molecule has 1 saturated carbocycles. The molecule has 1 heterocycles. The van der Waals surface area contributed by atoms with E-state index in [2.05, 4.69) is 0 Å². The molecule has 34 heavy (non-hydrogen) atoms. The number of carbonyl (C=O) groups is 3. The fourth-order valence-electron chi connectivity index (χ4n) is 4.35. The van der Waals surface area contributed by atoms with Crippen molar-refractivity contribution in [1.82, 2.24) is 0 Å². The largest absolute Gasteiger partial charge is 0.458 e. The molecule has 0 radical (unpaired) electrons. The van der Waals surface area contributed by atoms with Gasteiger partial charge in [-0.1, -0.05) is 30.3 Å². The van der Waals surface area contributed by atoms with Gasteiger partial charge in [0.1, 0.15) is 17.3 Å². The van der Waals surface area contributed by atoms with Gasteiger partial charge in [-0.15, -0.1) is 0 Å². The van der Waals surface area contributed by atoms with E-state index in [0.717, 1.165) is 12.8 Å². The van der Waals surface area contributed by atoms with Crippen LogP contribution in [-0.2, 0) is 28.5 Å². The Morgan fingerprint density at radius 3 is 2.09 bits per heavy atom. The lowest BCUT2D eigenvalue weighted by atomic mass is 9.85. The number of aliphatic hydroxyl groups is 1. The van der Waals surface area contributed by atoms with Crippen LogP contribution in [0.1, 0.15) is 84.0 Å². The Balaban J connectivity index is 2.05. The molecule has 0 unspecified atom stereocenters. The van der Waals surface area contributed by atoms with E-state index in [-0.39, 0.29) is 0 Å². The van der Waals surface area contributed by atoms with Gasteiger partial charge in [0.2, 0.25) is 11.7 Å². The molecule has 1 aliphatic heterocycles. The Morgan fingerprint density at radius 1 is 1.00 bits per heavy atom. The molecule has 2 aliphatic rings. The van der Waals surface area contributed by atoms with E-state index in [9.17, 15) is 19.5 Å². The van der Waals surface area contributed by atoms with Gasteiger partial charge in [0.15, 0.2) is 11.6 Å². The van der Waals surface area contributed by atoms with Crippen molar-refractivity contribution in [2.75, 3.05) is 0 Å². The topological polar surface area (TPSA) is 108 Å². The van der Waals surface area contributed by atoms with E-state index < -0.39 is 58.9 Å².